The molecule has 3 rings (SSSR count). The van der Waals surface area contributed by atoms with Gasteiger partial charge in [-0.1, -0.05) is 12.1 Å². The molecule has 0 bridgehead atoms. The maximum atomic E-state index is 11.8. The highest BCUT2D eigenvalue weighted by atomic mass is 35.5. The zero-order valence-corrected chi connectivity index (χ0v) is 16.7. The Morgan fingerprint density at radius 1 is 1.14 bits per heavy atom. The number of furan rings is 1. The molecule has 0 radical (unpaired) electrons. The molecule has 8 nitrogen and oxygen atoms in total. The van der Waals surface area contributed by atoms with Gasteiger partial charge in [-0.2, -0.15) is 0 Å². The van der Waals surface area contributed by atoms with Gasteiger partial charge in [0.1, 0.15) is 17.3 Å². The minimum Gasteiger partial charge on any atom is -0.460 e. The first-order valence-corrected chi connectivity index (χ1v) is 8.50. The number of H-pyrrole nitrogens is 1. The second-order valence-electron chi connectivity index (χ2n) is 7.36. The maximum absolute atomic E-state index is 11.8. The number of nitrogens with two attached hydrogens (primary N) is 2. The molecular weight excluding hydrogens is 382 g/mol. The molecule has 0 unspecified atom stereocenters. The Kier molecular flexibility index (Phi) is 6.06. The van der Waals surface area contributed by atoms with Crippen LogP contribution in [0.5, 0.6) is 0 Å². The van der Waals surface area contributed by atoms with E-state index in [0.29, 0.717) is 23.2 Å². The quantitative estimate of drug-likeness (QED) is 0.444. The Labute approximate surface area is 168 Å². The first-order valence-electron chi connectivity index (χ1n) is 8.50. The Balaban J connectivity index is 0.00000280. The molecule has 150 valence electrons. The summed E-state index contributed by atoms with van der Waals surface area (Å²) in [6.45, 7) is 6.88. The summed E-state index contributed by atoms with van der Waals surface area (Å²) in [4.78, 5) is 25.9. The van der Waals surface area contributed by atoms with E-state index in [-0.39, 0.29) is 29.3 Å². The number of primary amides is 2. The van der Waals surface area contributed by atoms with Crippen LogP contribution in [0.15, 0.2) is 34.7 Å². The predicted molar refractivity (Wildman–Crippen MR) is 112 cm³/mol. The SMILES string of the molecule is CC(C)(C)NCc1ccc(-c2ccc3c(C(N)=O)c(NC(N)=O)[nH]c3c2)o1.Cl. The van der Waals surface area contributed by atoms with Crippen LogP contribution in [0, 0.1) is 0 Å². The van der Waals surface area contributed by atoms with Gasteiger partial charge in [-0.15, -0.1) is 12.4 Å². The van der Waals surface area contributed by atoms with Crippen molar-refractivity contribution >= 4 is 41.1 Å². The van der Waals surface area contributed by atoms with Gasteiger partial charge in [0.2, 0.25) is 0 Å². The number of carbonyl (C=O) groups excluding carboxylic acids is 2. The molecule has 0 aliphatic rings. The molecule has 3 amide bonds. The number of rotatable bonds is 5. The molecule has 2 aromatic heterocycles. The summed E-state index contributed by atoms with van der Waals surface area (Å²) in [5.41, 5.74) is 12.2. The van der Waals surface area contributed by atoms with Gasteiger partial charge in [0.25, 0.3) is 5.91 Å². The van der Waals surface area contributed by atoms with E-state index in [0.717, 1.165) is 11.3 Å². The molecule has 0 atom stereocenters. The number of aromatic nitrogens is 1. The summed E-state index contributed by atoms with van der Waals surface area (Å²) in [5.74, 6) is 1.03. The summed E-state index contributed by atoms with van der Waals surface area (Å²) in [6, 6.07) is 8.43. The molecular formula is C19H24ClN5O3. The fraction of sp³-hybridized carbons (Fsp3) is 0.263. The third-order valence-electron chi connectivity index (χ3n) is 4.03. The third kappa shape index (κ3) is 4.65. The van der Waals surface area contributed by atoms with Gasteiger partial charge in [0.05, 0.1) is 12.1 Å². The maximum Gasteiger partial charge on any atom is 0.317 e. The van der Waals surface area contributed by atoms with E-state index >= 15 is 0 Å². The van der Waals surface area contributed by atoms with E-state index in [2.05, 4.69) is 36.4 Å². The van der Waals surface area contributed by atoms with Crippen LogP contribution in [-0.2, 0) is 6.54 Å². The molecule has 28 heavy (non-hydrogen) atoms. The lowest BCUT2D eigenvalue weighted by Crippen LogP contribution is -2.34. The molecule has 0 fully saturated rings. The van der Waals surface area contributed by atoms with Crippen molar-refractivity contribution < 1.29 is 14.0 Å². The molecule has 7 N–H and O–H groups in total. The van der Waals surface area contributed by atoms with Crippen molar-refractivity contribution in [1.82, 2.24) is 10.3 Å². The Hall–Kier alpha value is -2.97. The number of urea groups is 1. The van der Waals surface area contributed by atoms with Gasteiger partial charge in [0.15, 0.2) is 0 Å². The molecule has 0 saturated heterocycles. The Morgan fingerprint density at radius 3 is 2.46 bits per heavy atom. The zero-order valence-electron chi connectivity index (χ0n) is 15.9. The van der Waals surface area contributed by atoms with Crippen LogP contribution in [0.3, 0.4) is 0 Å². The number of benzene rings is 1. The van der Waals surface area contributed by atoms with Gasteiger partial charge >= 0.3 is 6.03 Å². The largest absolute Gasteiger partial charge is 0.460 e. The first kappa shape index (κ1) is 21.3. The van der Waals surface area contributed by atoms with E-state index in [9.17, 15) is 9.59 Å². The van der Waals surface area contributed by atoms with Gasteiger partial charge in [0, 0.05) is 22.0 Å². The minimum atomic E-state index is -0.786. The van der Waals surface area contributed by atoms with Crippen LogP contribution in [0.1, 0.15) is 36.9 Å². The lowest BCUT2D eigenvalue weighted by atomic mass is 10.1. The van der Waals surface area contributed by atoms with Crippen LogP contribution in [0.4, 0.5) is 10.6 Å². The second kappa shape index (κ2) is 7.95. The lowest BCUT2D eigenvalue weighted by Gasteiger charge is -2.19. The van der Waals surface area contributed by atoms with Crippen molar-refractivity contribution in [3.8, 4) is 11.3 Å². The number of halogens is 1. The van der Waals surface area contributed by atoms with Gasteiger partial charge in [-0.3, -0.25) is 10.1 Å². The summed E-state index contributed by atoms with van der Waals surface area (Å²) in [6.07, 6.45) is 0. The number of carbonyl (C=O) groups is 2. The number of aromatic amines is 1. The predicted octanol–water partition coefficient (Wildman–Crippen LogP) is 3.33. The first-order chi connectivity index (χ1) is 12.6. The normalized spacial score (nSPS) is 11.2. The molecule has 2 heterocycles. The van der Waals surface area contributed by atoms with Crippen molar-refractivity contribution in [2.75, 3.05) is 5.32 Å². The zero-order chi connectivity index (χ0) is 19.8. The average molecular weight is 406 g/mol. The third-order valence-corrected chi connectivity index (χ3v) is 4.03. The Morgan fingerprint density at radius 2 is 1.86 bits per heavy atom. The summed E-state index contributed by atoms with van der Waals surface area (Å²) < 4.78 is 5.91. The smallest absolute Gasteiger partial charge is 0.317 e. The highest BCUT2D eigenvalue weighted by Gasteiger charge is 2.18. The fourth-order valence-electron chi connectivity index (χ4n) is 2.80. The van der Waals surface area contributed by atoms with Gasteiger partial charge in [-0.25, -0.2) is 4.79 Å². The van der Waals surface area contributed by atoms with Crippen LogP contribution in [0.2, 0.25) is 0 Å². The molecule has 0 spiro atoms. The van der Waals surface area contributed by atoms with Gasteiger partial charge < -0.3 is 26.2 Å². The van der Waals surface area contributed by atoms with Crippen molar-refractivity contribution in [3.05, 3.63) is 41.7 Å². The van der Waals surface area contributed by atoms with Crippen molar-refractivity contribution in [3.63, 3.8) is 0 Å². The number of fused-ring (bicyclic) bond motifs is 1. The number of hydrogen-bond donors (Lipinski definition) is 5. The monoisotopic (exact) mass is 405 g/mol. The van der Waals surface area contributed by atoms with Crippen LogP contribution >= 0.6 is 12.4 Å². The highest BCUT2D eigenvalue weighted by molar-refractivity contribution is 6.13. The number of anilines is 1. The molecule has 9 heteroatoms. The molecule has 3 aromatic rings. The summed E-state index contributed by atoms with van der Waals surface area (Å²) in [5, 5.41) is 6.35. The molecule has 0 aliphatic carbocycles. The number of amides is 3. The van der Waals surface area contributed by atoms with E-state index in [1.54, 1.807) is 6.07 Å². The van der Waals surface area contributed by atoms with Crippen LogP contribution < -0.4 is 22.1 Å². The van der Waals surface area contributed by atoms with Crippen LogP contribution in [0.25, 0.3) is 22.2 Å². The van der Waals surface area contributed by atoms with E-state index < -0.39 is 11.9 Å². The lowest BCUT2D eigenvalue weighted by molar-refractivity contribution is 0.100. The fourth-order valence-corrected chi connectivity index (χ4v) is 2.80. The number of hydrogen-bond acceptors (Lipinski definition) is 4. The highest BCUT2D eigenvalue weighted by Crippen LogP contribution is 2.31. The summed E-state index contributed by atoms with van der Waals surface area (Å²) >= 11 is 0. The minimum absolute atomic E-state index is 0. The average Bonchev–Trinajstić information content (AvgIpc) is 3.14. The molecule has 0 saturated carbocycles. The van der Waals surface area contributed by atoms with E-state index in [1.807, 2.05) is 24.3 Å². The Bertz CT molecular complexity index is 1020. The standard InChI is InChI=1S/C19H23N5O3.ClH/c1-19(2,3)22-9-11-5-7-14(27-11)10-4-6-12-13(8-10)23-17(24-18(21)26)15(12)16(20)25;/h4-8,22-23H,9H2,1-3H3,(H2,20,25)(H3,21,24,26);1H. The van der Waals surface area contributed by atoms with Crippen molar-refractivity contribution in [1.29, 1.82) is 0 Å². The second-order valence-corrected chi connectivity index (χ2v) is 7.36. The van der Waals surface area contributed by atoms with Gasteiger partial charge in [-0.05, 0) is 39.0 Å². The van der Waals surface area contributed by atoms with Crippen molar-refractivity contribution in [2.45, 2.75) is 32.9 Å². The summed E-state index contributed by atoms with van der Waals surface area (Å²) in [7, 11) is 0. The van der Waals surface area contributed by atoms with Crippen molar-refractivity contribution in [2.24, 2.45) is 11.5 Å². The molecule has 1 aromatic carbocycles. The topological polar surface area (TPSA) is 139 Å². The molecule has 0 aliphatic heterocycles. The van der Waals surface area contributed by atoms with E-state index in [1.165, 1.54) is 0 Å². The van der Waals surface area contributed by atoms with Crippen LogP contribution in [-0.4, -0.2) is 22.5 Å². The number of nitrogens with one attached hydrogen (secondary N) is 3. The van der Waals surface area contributed by atoms with E-state index in [4.69, 9.17) is 15.9 Å².